The van der Waals surface area contributed by atoms with Crippen molar-refractivity contribution in [2.24, 2.45) is 0 Å². The molecule has 72 valence electrons. The highest BCUT2D eigenvalue weighted by atomic mass is 16.1. The summed E-state index contributed by atoms with van der Waals surface area (Å²) in [7, 11) is 0. The van der Waals surface area contributed by atoms with Crippen LogP contribution in [0.5, 0.6) is 0 Å². The number of hydrogen-bond acceptors (Lipinski definition) is 2. The summed E-state index contributed by atoms with van der Waals surface area (Å²) in [6.07, 6.45) is 5.46. The maximum absolute atomic E-state index is 11.7. The first-order valence-corrected chi connectivity index (χ1v) is 5.27. The fourth-order valence-electron chi connectivity index (χ4n) is 2.38. The second-order valence-electron chi connectivity index (χ2n) is 4.10. The molecule has 0 amide bonds. The van der Waals surface area contributed by atoms with E-state index in [4.69, 9.17) is 0 Å². The van der Waals surface area contributed by atoms with Crippen molar-refractivity contribution in [1.82, 2.24) is 4.90 Å². The third-order valence-electron chi connectivity index (χ3n) is 3.05. The van der Waals surface area contributed by atoms with E-state index in [1.807, 2.05) is 0 Å². The van der Waals surface area contributed by atoms with Crippen molar-refractivity contribution in [1.29, 1.82) is 0 Å². The summed E-state index contributed by atoms with van der Waals surface area (Å²) in [5.74, 6) is 0.380. The minimum atomic E-state index is 0.380. The Bertz CT molecular complexity index is 249. The number of allylic oxidation sites excluding steroid dienone is 2. The molecular weight excluding hydrogens is 162 g/mol. The average molecular weight is 179 g/mol. The molecule has 0 unspecified atom stereocenters. The maximum atomic E-state index is 11.7. The van der Waals surface area contributed by atoms with Gasteiger partial charge in [-0.1, -0.05) is 0 Å². The smallest absolute Gasteiger partial charge is 0.178 e. The van der Waals surface area contributed by atoms with Crippen molar-refractivity contribution in [3.05, 3.63) is 11.3 Å². The van der Waals surface area contributed by atoms with E-state index < -0.39 is 0 Å². The van der Waals surface area contributed by atoms with Gasteiger partial charge in [-0.15, -0.1) is 0 Å². The van der Waals surface area contributed by atoms with Crippen LogP contribution in [-0.4, -0.2) is 23.8 Å². The first kappa shape index (κ1) is 8.79. The van der Waals surface area contributed by atoms with Crippen LogP contribution in [0.1, 0.15) is 39.0 Å². The average Bonchev–Trinajstić information content (AvgIpc) is 2.57. The summed E-state index contributed by atoms with van der Waals surface area (Å²) in [5, 5.41) is 0. The highest BCUT2D eigenvalue weighted by molar-refractivity contribution is 5.96. The Morgan fingerprint density at radius 1 is 1.08 bits per heavy atom. The van der Waals surface area contributed by atoms with Gasteiger partial charge in [-0.05, 0) is 38.2 Å². The summed E-state index contributed by atoms with van der Waals surface area (Å²) < 4.78 is 0. The Hall–Kier alpha value is -0.790. The topological polar surface area (TPSA) is 20.3 Å². The molecule has 0 spiro atoms. The molecule has 2 aliphatic rings. The van der Waals surface area contributed by atoms with Gasteiger partial charge in [0.05, 0.1) is 5.70 Å². The van der Waals surface area contributed by atoms with E-state index in [-0.39, 0.29) is 0 Å². The monoisotopic (exact) mass is 179 g/mol. The van der Waals surface area contributed by atoms with Crippen LogP contribution in [0.2, 0.25) is 0 Å². The van der Waals surface area contributed by atoms with Crippen molar-refractivity contribution in [2.45, 2.75) is 39.0 Å². The van der Waals surface area contributed by atoms with Crippen LogP contribution in [-0.2, 0) is 4.79 Å². The van der Waals surface area contributed by atoms with Crippen LogP contribution in [0.4, 0.5) is 0 Å². The minimum absolute atomic E-state index is 0.380. The summed E-state index contributed by atoms with van der Waals surface area (Å²) >= 11 is 0. The van der Waals surface area contributed by atoms with E-state index in [1.54, 1.807) is 0 Å². The van der Waals surface area contributed by atoms with Gasteiger partial charge in [-0.25, -0.2) is 0 Å². The highest BCUT2D eigenvalue weighted by Gasteiger charge is 2.24. The molecular formula is C11H17NO. The zero-order valence-electron chi connectivity index (χ0n) is 8.31. The van der Waals surface area contributed by atoms with Crippen LogP contribution < -0.4 is 0 Å². The van der Waals surface area contributed by atoms with E-state index >= 15 is 0 Å². The highest BCUT2D eigenvalue weighted by Crippen LogP contribution is 2.26. The predicted molar refractivity (Wildman–Crippen MR) is 52.4 cm³/mol. The quantitative estimate of drug-likeness (QED) is 0.614. The summed E-state index contributed by atoms with van der Waals surface area (Å²) in [5.41, 5.74) is 2.38. The van der Waals surface area contributed by atoms with E-state index in [9.17, 15) is 4.79 Å². The molecule has 0 aromatic carbocycles. The molecule has 0 N–H and O–H groups in total. The largest absolute Gasteiger partial charge is 0.369 e. The molecule has 13 heavy (non-hydrogen) atoms. The maximum Gasteiger partial charge on any atom is 0.178 e. The third-order valence-corrected chi connectivity index (χ3v) is 3.05. The second kappa shape index (κ2) is 3.52. The van der Waals surface area contributed by atoms with Crippen LogP contribution in [0.15, 0.2) is 11.3 Å². The Morgan fingerprint density at radius 2 is 1.77 bits per heavy atom. The first-order chi connectivity index (χ1) is 6.29. The standard InChI is InChI=1S/C11H17NO/c1-9-5-4-6-10(13)11(9)12-7-2-3-8-12/h2-8H2,1H3. The van der Waals surface area contributed by atoms with Crippen LogP contribution >= 0.6 is 0 Å². The van der Waals surface area contributed by atoms with Crippen LogP contribution in [0.3, 0.4) is 0 Å². The van der Waals surface area contributed by atoms with Crippen LogP contribution in [0, 0.1) is 0 Å². The molecule has 2 nitrogen and oxygen atoms in total. The Morgan fingerprint density at radius 3 is 2.38 bits per heavy atom. The van der Waals surface area contributed by atoms with Gasteiger partial charge in [0.15, 0.2) is 5.78 Å². The van der Waals surface area contributed by atoms with Gasteiger partial charge >= 0.3 is 0 Å². The van der Waals surface area contributed by atoms with Crippen molar-refractivity contribution >= 4 is 5.78 Å². The van der Waals surface area contributed by atoms with E-state index in [0.717, 1.165) is 38.0 Å². The Balaban J connectivity index is 2.21. The molecule has 1 aliphatic carbocycles. The lowest BCUT2D eigenvalue weighted by molar-refractivity contribution is -0.117. The van der Waals surface area contributed by atoms with E-state index in [0.29, 0.717) is 5.78 Å². The number of rotatable bonds is 1. The number of ketones is 1. The molecule has 0 atom stereocenters. The van der Waals surface area contributed by atoms with Crippen LogP contribution in [0.25, 0.3) is 0 Å². The molecule has 1 saturated heterocycles. The zero-order chi connectivity index (χ0) is 9.26. The van der Waals surface area contributed by atoms with E-state index in [1.165, 1.54) is 18.4 Å². The number of likely N-dealkylation sites (tertiary alicyclic amines) is 1. The summed E-state index contributed by atoms with van der Waals surface area (Å²) in [6.45, 7) is 4.31. The molecule has 1 aliphatic heterocycles. The molecule has 2 rings (SSSR count). The molecule has 0 bridgehead atoms. The molecule has 1 heterocycles. The number of hydrogen-bond donors (Lipinski definition) is 0. The van der Waals surface area contributed by atoms with Gasteiger partial charge in [-0.2, -0.15) is 0 Å². The van der Waals surface area contributed by atoms with Crippen molar-refractivity contribution in [3.63, 3.8) is 0 Å². The number of Topliss-reactive ketones (excluding diaryl/α,β-unsaturated/α-hetero) is 1. The lowest BCUT2D eigenvalue weighted by Crippen LogP contribution is -2.27. The van der Waals surface area contributed by atoms with Gasteiger partial charge in [0.1, 0.15) is 0 Å². The van der Waals surface area contributed by atoms with Crippen molar-refractivity contribution in [3.8, 4) is 0 Å². The van der Waals surface area contributed by atoms with Gasteiger partial charge in [0.2, 0.25) is 0 Å². The first-order valence-electron chi connectivity index (χ1n) is 5.27. The molecule has 1 fully saturated rings. The predicted octanol–water partition coefficient (Wildman–Crippen LogP) is 2.11. The van der Waals surface area contributed by atoms with Gasteiger partial charge in [-0.3, -0.25) is 4.79 Å². The minimum Gasteiger partial charge on any atom is -0.369 e. The molecule has 0 radical (unpaired) electrons. The number of carbonyl (C=O) groups is 1. The lowest BCUT2D eigenvalue weighted by atomic mass is 9.95. The van der Waals surface area contributed by atoms with Crippen molar-refractivity contribution < 1.29 is 4.79 Å². The lowest BCUT2D eigenvalue weighted by Gasteiger charge is -2.26. The number of carbonyl (C=O) groups excluding carboxylic acids is 1. The zero-order valence-corrected chi connectivity index (χ0v) is 8.31. The Labute approximate surface area is 79.6 Å². The van der Waals surface area contributed by atoms with Gasteiger partial charge < -0.3 is 4.90 Å². The normalized spacial score (nSPS) is 24.4. The molecule has 0 aromatic rings. The fraction of sp³-hybridized carbons (Fsp3) is 0.727. The van der Waals surface area contributed by atoms with E-state index in [2.05, 4.69) is 11.8 Å². The Kier molecular flexibility index (Phi) is 2.38. The summed E-state index contributed by atoms with van der Waals surface area (Å²) in [6, 6.07) is 0. The number of nitrogens with zero attached hydrogens (tertiary/aromatic N) is 1. The van der Waals surface area contributed by atoms with Crippen molar-refractivity contribution in [2.75, 3.05) is 13.1 Å². The second-order valence-corrected chi connectivity index (χ2v) is 4.10. The molecule has 2 heteroatoms. The SMILES string of the molecule is CC1=C(N2CCCC2)C(=O)CCC1. The summed E-state index contributed by atoms with van der Waals surface area (Å²) in [4.78, 5) is 14.0. The van der Waals surface area contributed by atoms with Gasteiger partial charge in [0, 0.05) is 19.5 Å². The fourth-order valence-corrected chi connectivity index (χ4v) is 2.38. The molecule has 0 saturated carbocycles. The molecule has 0 aromatic heterocycles. The third kappa shape index (κ3) is 1.62. The van der Waals surface area contributed by atoms with Gasteiger partial charge in [0.25, 0.3) is 0 Å².